The van der Waals surface area contributed by atoms with Gasteiger partial charge in [0.25, 0.3) is 0 Å². The second-order valence-corrected chi connectivity index (χ2v) is 8.29. The lowest BCUT2D eigenvalue weighted by molar-refractivity contribution is -0.143. The standard InChI is InChI=1S/C21H29N9O8/c22-12(3-10-6-24-8-26-10)18(34)29-14(4-11-7-25-9-27-11)19(35)30-15(5-16(23)31)20(36)28-13(21(37)38)1-2-17(32)33/h6-9,12-15H,1-5,22H2,(H2,23,31)(H,24,26)(H,25,27)(H,28,36)(H,29,34)(H,30,35)(H,32,33)(H,37,38). The van der Waals surface area contributed by atoms with Gasteiger partial charge in [-0.3, -0.25) is 24.0 Å². The van der Waals surface area contributed by atoms with Crippen LogP contribution in [-0.2, 0) is 41.6 Å². The summed E-state index contributed by atoms with van der Waals surface area (Å²) >= 11 is 0. The maximum absolute atomic E-state index is 13.1. The lowest BCUT2D eigenvalue weighted by Crippen LogP contribution is -2.58. The predicted molar refractivity (Wildman–Crippen MR) is 127 cm³/mol. The summed E-state index contributed by atoms with van der Waals surface area (Å²) in [6.45, 7) is 0. The zero-order chi connectivity index (χ0) is 28.2. The van der Waals surface area contributed by atoms with Crippen molar-refractivity contribution in [1.29, 1.82) is 0 Å². The Kier molecular flexibility index (Phi) is 10.9. The van der Waals surface area contributed by atoms with Gasteiger partial charge in [-0.25, -0.2) is 14.8 Å². The first-order valence-corrected chi connectivity index (χ1v) is 11.3. The van der Waals surface area contributed by atoms with Gasteiger partial charge < -0.3 is 47.6 Å². The number of nitrogens with two attached hydrogens (primary N) is 2. The molecule has 11 N–H and O–H groups in total. The highest BCUT2D eigenvalue weighted by Gasteiger charge is 2.32. The van der Waals surface area contributed by atoms with Gasteiger partial charge in [-0.15, -0.1) is 0 Å². The van der Waals surface area contributed by atoms with Gasteiger partial charge in [0, 0.05) is 43.0 Å². The smallest absolute Gasteiger partial charge is 0.326 e. The number of imidazole rings is 2. The number of aromatic amines is 2. The maximum Gasteiger partial charge on any atom is 0.326 e. The van der Waals surface area contributed by atoms with Gasteiger partial charge in [-0.2, -0.15) is 0 Å². The zero-order valence-corrected chi connectivity index (χ0v) is 20.0. The number of H-pyrrole nitrogens is 2. The normalized spacial score (nSPS) is 13.9. The lowest BCUT2D eigenvalue weighted by atomic mass is 10.1. The fourth-order valence-corrected chi connectivity index (χ4v) is 3.31. The van der Waals surface area contributed by atoms with E-state index in [1.807, 2.05) is 0 Å². The van der Waals surface area contributed by atoms with Crippen molar-refractivity contribution in [2.45, 2.75) is 56.3 Å². The van der Waals surface area contributed by atoms with Crippen molar-refractivity contribution in [3.8, 4) is 0 Å². The van der Waals surface area contributed by atoms with Gasteiger partial charge >= 0.3 is 11.9 Å². The largest absolute Gasteiger partial charge is 0.481 e. The molecule has 38 heavy (non-hydrogen) atoms. The molecular formula is C21H29N9O8. The average molecular weight is 536 g/mol. The highest BCUT2D eigenvalue weighted by atomic mass is 16.4. The molecule has 0 saturated carbocycles. The second-order valence-electron chi connectivity index (χ2n) is 8.29. The van der Waals surface area contributed by atoms with Gasteiger partial charge in [0.2, 0.25) is 23.6 Å². The number of nitrogens with one attached hydrogen (secondary N) is 5. The van der Waals surface area contributed by atoms with Crippen LogP contribution in [0.2, 0.25) is 0 Å². The van der Waals surface area contributed by atoms with Crippen LogP contribution in [-0.4, -0.2) is 89.9 Å². The minimum absolute atomic E-state index is 0.0872. The number of aliphatic carboxylic acids is 2. The van der Waals surface area contributed by atoms with Crippen molar-refractivity contribution < 1.29 is 39.0 Å². The minimum Gasteiger partial charge on any atom is -0.481 e. The Balaban J connectivity index is 2.16. The molecule has 206 valence electrons. The fourth-order valence-electron chi connectivity index (χ4n) is 3.31. The Labute approximate surface area is 215 Å². The third-order valence-electron chi connectivity index (χ3n) is 5.24. The number of carbonyl (C=O) groups excluding carboxylic acids is 4. The van der Waals surface area contributed by atoms with E-state index >= 15 is 0 Å². The molecule has 0 aliphatic rings. The van der Waals surface area contributed by atoms with E-state index in [-0.39, 0.29) is 12.8 Å². The van der Waals surface area contributed by atoms with Crippen molar-refractivity contribution in [2.75, 3.05) is 0 Å². The van der Waals surface area contributed by atoms with Crippen LogP contribution in [0.15, 0.2) is 25.0 Å². The molecule has 0 spiro atoms. The Morgan fingerprint density at radius 1 is 0.816 bits per heavy atom. The molecule has 0 aliphatic heterocycles. The van der Waals surface area contributed by atoms with Crippen LogP contribution in [0.3, 0.4) is 0 Å². The summed E-state index contributed by atoms with van der Waals surface area (Å²) in [6, 6.07) is -5.58. The van der Waals surface area contributed by atoms with Crippen LogP contribution in [0, 0.1) is 0 Å². The van der Waals surface area contributed by atoms with Crippen molar-refractivity contribution in [3.05, 3.63) is 36.4 Å². The third kappa shape index (κ3) is 9.69. The van der Waals surface area contributed by atoms with Crippen LogP contribution in [0.25, 0.3) is 0 Å². The van der Waals surface area contributed by atoms with Gasteiger partial charge in [-0.1, -0.05) is 0 Å². The van der Waals surface area contributed by atoms with E-state index in [4.69, 9.17) is 16.6 Å². The number of carboxylic acids is 2. The number of rotatable bonds is 16. The molecule has 4 amide bonds. The number of primary amides is 1. The van der Waals surface area contributed by atoms with Gasteiger partial charge in [0.15, 0.2) is 0 Å². The van der Waals surface area contributed by atoms with Crippen molar-refractivity contribution in [3.63, 3.8) is 0 Å². The predicted octanol–water partition coefficient (Wildman–Crippen LogP) is -3.48. The molecule has 17 nitrogen and oxygen atoms in total. The molecular weight excluding hydrogens is 506 g/mol. The number of aromatic nitrogens is 4. The topological polar surface area (TPSA) is 288 Å². The molecule has 0 bridgehead atoms. The molecule has 0 aliphatic carbocycles. The SMILES string of the molecule is NC(=O)CC(NC(=O)C(Cc1cnc[nH]1)NC(=O)C(N)Cc1cnc[nH]1)C(=O)NC(CCC(=O)O)C(=O)O. The third-order valence-corrected chi connectivity index (χ3v) is 5.24. The van der Waals surface area contributed by atoms with E-state index in [1.54, 1.807) is 0 Å². The van der Waals surface area contributed by atoms with Gasteiger partial charge in [0.1, 0.15) is 18.1 Å². The molecule has 0 saturated heterocycles. The monoisotopic (exact) mass is 535 g/mol. The van der Waals surface area contributed by atoms with Crippen LogP contribution >= 0.6 is 0 Å². The Bertz CT molecular complexity index is 1120. The van der Waals surface area contributed by atoms with Crippen LogP contribution < -0.4 is 27.4 Å². The summed E-state index contributed by atoms with van der Waals surface area (Å²) in [7, 11) is 0. The maximum atomic E-state index is 13.1. The van der Waals surface area contributed by atoms with Crippen molar-refractivity contribution in [1.82, 2.24) is 35.9 Å². The number of amides is 4. The van der Waals surface area contributed by atoms with Crippen LogP contribution in [0.1, 0.15) is 30.7 Å². The van der Waals surface area contributed by atoms with Crippen molar-refractivity contribution >= 4 is 35.6 Å². The van der Waals surface area contributed by atoms with Crippen molar-refractivity contribution in [2.24, 2.45) is 11.5 Å². The first kappa shape index (κ1) is 29.4. The zero-order valence-electron chi connectivity index (χ0n) is 20.0. The summed E-state index contributed by atoms with van der Waals surface area (Å²) in [4.78, 5) is 85.6. The molecule has 0 aromatic carbocycles. The Morgan fingerprint density at radius 3 is 1.84 bits per heavy atom. The molecule has 4 atom stereocenters. The number of nitrogens with zero attached hydrogens (tertiary/aromatic N) is 2. The van der Waals surface area contributed by atoms with E-state index < -0.39 is 79.0 Å². The van der Waals surface area contributed by atoms with Crippen LogP contribution in [0.4, 0.5) is 0 Å². The van der Waals surface area contributed by atoms with Gasteiger partial charge in [-0.05, 0) is 6.42 Å². The molecule has 17 heteroatoms. The van der Waals surface area contributed by atoms with E-state index in [2.05, 4.69) is 35.9 Å². The van der Waals surface area contributed by atoms with E-state index in [0.717, 1.165) is 0 Å². The molecule has 0 radical (unpaired) electrons. The second kappa shape index (κ2) is 14.1. The van der Waals surface area contributed by atoms with E-state index in [0.29, 0.717) is 11.4 Å². The molecule has 0 fully saturated rings. The highest BCUT2D eigenvalue weighted by molar-refractivity contribution is 5.96. The molecule has 2 aromatic rings. The first-order valence-electron chi connectivity index (χ1n) is 11.3. The van der Waals surface area contributed by atoms with E-state index in [9.17, 15) is 33.9 Å². The summed E-state index contributed by atoms with van der Waals surface area (Å²) in [5.74, 6) is -6.47. The number of carboxylic acid groups (broad SMARTS) is 2. The molecule has 2 rings (SSSR count). The quantitative estimate of drug-likeness (QED) is 0.102. The summed E-state index contributed by atoms with van der Waals surface area (Å²) in [5, 5.41) is 25.0. The Morgan fingerprint density at radius 2 is 1.34 bits per heavy atom. The van der Waals surface area contributed by atoms with Gasteiger partial charge in [0.05, 0.1) is 25.1 Å². The summed E-state index contributed by atoms with van der Waals surface area (Å²) in [6.07, 6.45) is 3.94. The van der Waals surface area contributed by atoms with E-state index in [1.165, 1.54) is 25.0 Å². The fraction of sp³-hybridized carbons (Fsp3) is 0.429. The number of hydrogen-bond acceptors (Lipinski definition) is 9. The summed E-state index contributed by atoms with van der Waals surface area (Å²) in [5.41, 5.74) is 12.2. The minimum atomic E-state index is -1.62. The molecule has 2 heterocycles. The lowest BCUT2D eigenvalue weighted by Gasteiger charge is -2.24. The summed E-state index contributed by atoms with van der Waals surface area (Å²) < 4.78 is 0. The number of hydrogen-bond donors (Lipinski definition) is 9. The molecule has 2 aromatic heterocycles. The van der Waals surface area contributed by atoms with Crippen LogP contribution in [0.5, 0.6) is 0 Å². The average Bonchev–Trinajstić information content (AvgIpc) is 3.54. The highest BCUT2D eigenvalue weighted by Crippen LogP contribution is 2.05. The first-order chi connectivity index (χ1) is 18.0. The Hall–Kier alpha value is -4.80. The molecule has 4 unspecified atom stereocenters. The number of carbonyl (C=O) groups is 6.